The van der Waals surface area contributed by atoms with Crippen LogP contribution in [0.3, 0.4) is 0 Å². The standard InChI is InChI=1S/C32H40ClN3O5S/c1-22(2)26(16-15-24(4)40-25-12-9-8-10-13-25)36(28(37)20-33)29(27-14-11-19-42-27)30(38)34-17-18-35(23(3)21-34)31(39)41-32(5,6)7/h8-16,19,23,29H,4,17-18,20-21H2,1-3,5-7H3/b16-15-/t23-,29-/m0/s1. The number of nitrogens with zero attached hydrogens (tertiary/aromatic N) is 3. The number of para-hydroxylation sites is 1. The summed E-state index contributed by atoms with van der Waals surface area (Å²) in [5.41, 5.74) is 0.697. The molecule has 8 nitrogen and oxygen atoms in total. The van der Waals surface area contributed by atoms with Crippen molar-refractivity contribution in [3.63, 3.8) is 0 Å². The Balaban J connectivity index is 1.92. The predicted octanol–water partition coefficient (Wildman–Crippen LogP) is 6.77. The minimum absolute atomic E-state index is 0.252. The van der Waals surface area contributed by atoms with Gasteiger partial charge in [0.1, 0.15) is 29.0 Å². The zero-order chi connectivity index (χ0) is 31.0. The summed E-state index contributed by atoms with van der Waals surface area (Å²) in [5, 5.41) is 1.87. The smallest absolute Gasteiger partial charge is 0.410 e. The second-order valence-electron chi connectivity index (χ2n) is 11.2. The number of allylic oxidation sites excluding steroid dienone is 3. The summed E-state index contributed by atoms with van der Waals surface area (Å²) >= 11 is 7.52. The highest BCUT2D eigenvalue weighted by molar-refractivity contribution is 7.10. The third-order valence-electron chi connectivity index (χ3n) is 6.45. The summed E-state index contributed by atoms with van der Waals surface area (Å²) in [4.78, 5) is 46.1. The molecule has 0 N–H and O–H groups in total. The number of halogens is 1. The van der Waals surface area contributed by atoms with Gasteiger partial charge in [0.05, 0.1) is 0 Å². The fourth-order valence-electron chi connectivity index (χ4n) is 4.54. The lowest BCUT2D eigenvalue weighted by atomic mass is 10.1. The van der Waals surface area contributed by atoms with Crippen molar-refractivity contribution in [3.05, 3.63) is 88.5 Å². The van der Waals surface area contributed by atoms with Crippen molar-refractivity contribution in [3.8, 4) is 5.75 Å². The van der Waals surface area contributed by atoms with Gasteiger partial charge in [-0.3, -0.25) is 14.5 Å². The molecule has 0 bridgehead atoms. The number of benzene rings is 1. The quantitative estimate of drug-likeness (QED) is 0.177. The Hall–Kier alpha value is -3.56. The minimum atomic E-state index is -0.950. The van der Waals surface area contributed by atoms with E-state index in [-0.39, 0.29) is 17.8 Å². The Morgan fingerprint density at radius 3 is 2.36 bits per heavy atom. The van der Waals surface area contributed by atoms with Crippen LogP contribution in [-0.2, 0) is 14.3 Å². The van der Waals surface area contributed by atoms with Crippen LogP contribution in [-0.4, -0.2) is 69.8 Å². The fourth-order valence-corrected chi connectivity index (χ4v) is 5.48. The first-order chi connectivity index (χ1) is 19.8. The summed E-state index contributed by atoms with van der Waals surface area (Å²) in [6, 6.07) is 11.7. The molecule has 2 aromatic rings. The first-order valence-corrected chi connectivity index (χ1v) is 15.2. The highest BCUT2D eigenvalue weighted by Gasteiger charge is 2.40. The zero-order valence-corrected chi connectivity index (χ0v) is 26.7. The molecule has 0 radical (unpaired) electrons. The van der Waals surface area contributed by atoms with Gasteiger partial charge in [0.2, 0.25) is 5.91 Å². The van der Waals surface area contributed by atoms with Gasteiger partial charge in [0, 0.05) is 36.3 Å². The Morgan fingerprint density at radius 2 is 1.81 bits per heavy atom. The van der Waals surface area contributed by atoms with Crippen LogP contribution < -0.4 is 4.74 Å². The van der Waals surface area contributed by atoms with Crippen LogP contribution in [0.2, 0.25) is 0 Å². The highest BCUT2D eigenvalue weighted by Crippen LogP contribution is 2.33. The van der Waals surface area contributed by atoms with Crippen LogP contribution in [0.4, 0.5) is 4.79 Å². The Labute approximate surface area is 257 Å². The van der Waals surface area contributed by atoms with Gasteiger partial charge in [-0.25, -0.2) is 4.79 Å². The topological polar surface area (TPSA) is 79.4 Å². The number of hydrogen-bond donors (Lipinski definition) is 0. The molecule has 3 amide bonds. The first-order valence-electron chi connectivity index (χ1n) is 13.8. The summed E-state index contributed by atoms with van der Waals surface area (Å²) < 4.78 is 11.4. The molecule has 1 aliphatic heterocycles. The fraction of sp³-hybridized carbons (Fsp3) is 0.406. The molecule has 10 heteroatoms. The van der Waals surface area contributed by atoms with Gasteiger partial charge in [-0.15, -0.1) is 22.9 Å². The van der Waals surface area contributed by atoms with E-state index in [1.54, 1.807) is 22.0 Å². The van der Waals surface area contributed by atoms with Crippen LogP contribution >= 0.6 is 22.9 Å². The van der Waals surface area contributed by atoms with Crippen LogP contribution in [0.15, 0.2) is 83.6 Å². The van der Waals surface area contributed by atoms with Crippen molar-refractivity contribution in [2.45, 2.75) is 59.2 Å². The number of thiophene rings is 1. The van der Waals surface area contributed by atoms with E-state index in [1.165, 1.54) is 16.2 Å². The van der Waals surface area contributed by atoms with Crippen molar-refractivity contribution >= 4 is 40.8 Å². The van der Waals surface area contributed by atoms with Crippen molar-refractivity contribution in [1.29, 1.82) is 0 Å². The number of rotatable bonds is 9. The van der Waals surface area contributed by atoms with Crippen LogP contribution in [0.25, 0.3) is 0 Å². The maximum absolute atomic E-state index is 14.3. The molecule has 0 spiro atoms. The molecule has 1 saturated heterocycles. The SMILES string of the molecule is C=C(/C=C\C(=C(C)C)N(C(=O)CCl)[C@H](C(=O)N1CCN(C(=O)OC(C)(C)C)[C@@H](C)C1)c1cccs1)Oc1ccccc1. The molecule has 0 aliphatic carbocycles. The lowest BCUT2D eigenvalue weighted by Crippen LogP contribution is -2.58. The minimum Gasteiger partial charge on any atom is -0.458 e. The number of carbonyl (C=O) groups is 3. The Morgan fingerprint density at radius 1 is 1.12 bits per heavy atom. The van der Waals surface area contributed by atoms with Gasteiger partial charge < -0.3 is 19.3 Å². The summed E-state index contributed by atoms with van der Waals surface area (Å²) in [6.07, 6.45) is 2.98. The van der Waals surface area contributed by atoms with Gasteiger partial charge in [-0.05, 0) is 77.3 Å². The maximum atomic E-state index is 14.3. The Bertz CT molecular complexity index is 1310. The number of amides is 3. The molecule has 2 atom stereocenters. The van der Waals surface area contributed by atoms with Crippen LogP contribution in [0, 0.1) is 0 Å². The molecule has 3 rings (SSSR count). The lowest BCUT2D eigenvalue weighted by Gasteiger charge is -2.42. The molecule has 1 aromatic carbocycles. The van der Waals surface area contributed by atoms with Crippen LogP contribution in [0.1, 0.15) is 52.5 Å². The van der Waals surface area contributed by atoms with Gasteiger partial charge >= 0.3 is 6.09 Å². The van der Waals surface area contributed by atoms with E-state index in [2.05, 4.69) is 6.58 Å². The molecule has 1 aliphatic rings. The molecule has 1 aromatic heterocycles. The molecule has 42 heavy (non-hydrogen) atoms. The van der Waals surface area contributed by atoms with Crippen molar-refractivity contribution in [2.75, 3.05) is 25.5 Å². The number of piperazine rings is 1. The summed E-state index contributed by atoms with van der Waals surface area (Å²) in [7, 11) is 0. The van der Waals surface area contributed by atoms with E-state index in [9.17, 15) is 14.4 Å². The van der Waals surface area contributed by atoms with Gasteiger partial charge in [-0.2, -0.15) is 0 Å². The summed E-state index contributed by atoms with van der Waals surface area (Å²) in [5.74, 6) is 0.0111. The van der Waals surface area contributed by atoms with E-state index in [0.717, 1.165) is 5.57 Å². The lowest BCUT2D eigenvalue weighted by molar-refractivity contribution is -0.144. The first kappa shape index (κ1) is 32.9. The van der Waals surface area contributed by atoms with Crippen molar-refractivity contribution in [2.24, 2.45) is 0 Å². The van der Waals surface area contributed by atoms with Gasteiger partial charge in [-0.1, -0.05) is 36.4 Å². The van der Waals surface area contributed by atoms with E-state index in [0.29, 0.717) is 41.7 Å². The number of hydrogen-bond acceptors (Lipinski definition) is 6. The van der Waals surface area contributed by atoms with E-state index in [4.69, 9.17) is 21.1 Å². The molecule has 226 valence electrons. The molecular formula is C32H40ClN3O5S. The monoisotopic (exact) mass is 613 g/mol. The second kappa shape index (κ2) is 14.6. The molecular weight excluding hydrogens is 574 g/mol. The average Bonchev–Trinajstić information content (AvgIpc) is 3.45. The summed E-state index contributed by atoms with van der Waals surface area (Å²) in [6.45, 7) is 16.0. The van der Waals surface area contributed by atoms with Crippen molar-refractivity contribution < 1.29 is 23.9 Å². The normalized spacial score (nSPS) is 16.1. The van der Waals surface area contributed by atoms with Gasteiger partial charge in [0.15, 0.2) is 0 Å². The van der Waals surface area contributed by atoms with Gasteiger partial charge in [0.25, 0.3) is 5.91 Å². The molecule has 0 unspecified atom stereocenters. The third-order valence-corrected chi connectivity index (χ3v) is 7.60. The second-order valence-corrected chi connectivity index (χ2v) is 12.5. The molecule has 1 fully saturated rings. The van der Waals surface area contributed by atoms with Crippen molar-refractivity contribution in [1.82, 2.24) is 14.7 Å². The van der Waals surface area contributed by atoms with E-state index >= 15 is 0 Å². The van der Waals surface area contributed by atoms with E-state index < -0.39 is 23.6 Å². The Kier molecular flexibility index (Phi) is 11.4. The zero-order valence-electron chi connectivity index (χ0n) is 25.1. The highest BCUT2D eigenvalue weighted by atomic mass is 35.5. The van der Waals surface area contributed by atoms with Crippen LogP contribution in [0.5, 0.6) is 5.75 Å². The van der Waals surface area contributed by atoms with E-state index in [1.807, 2.05) is 89.4 Å². The predicted molar refractivity (Wildman–Crippen MR) is 167 cm³/mol. The number of alkyl halides is 1. The molecule has 2 heterocycles. The maximum Gasteiger partial charge on any atom is 0.410 e. The number of ether oxygens (including phenoxy) is 2. The third kappa shape index (κ3) is 8.72. The largest absolute Gasteiger partial charge is 0.458 e. The average molecular weight is 614 g/mol. The number of carbonyl (C=O) groups excluding carboxylic acids is 3. The molecule has 0 saturated carbocycles.